The van der Waals surface area contributed by atoms with Gasteiger partial charge in [0.25, 0.3) is 11.8 Å². The number of rotatable bonds is 8. The molecule has 1 aromatic carbocycles. The first-order valence-electron chi connectivity index (χ1n) is 11.4. The van der Waals surface area contributed by atoms with Gasteiger partial charge >= 0.3 is 0 Å². The smallest absolute Gasteiger partial charge is 0.272 e. The SMILES string of the molecule is Cc1ccc(CN2CCCn3nc(C(=O)NCCC(=O)NCc4cccnc4)cc3C2=O)cc1. The molecule has 176 valence electrons. The largest absolute Gasteiger partial charge is 0.352 e. The van der Waals surface area contributed by atoms with Crippen molar-refractivity contribution < 1.29 is 14.4 Å². The summed E-state index contributed by atoms with van der Waals surface area (Å²) in [4.78, 5) is 43.5. The van der Waals surface area contributed by atoms with Gasteiger partial charge in [0, 0.05) is 57.6 Å². The Balaban J connectivity index is 1.30. The molecule has 34 heavy (non-hydrogen) atoms. The number of carbonyl (C=O) groups is 3. The van der Waals surface area contributed by atoms with Crippen LogP contribution in [0.1, 0.15) is 50.5 Å². The molecule has 1 aliphatic rings. The molecule has 2 aromatic heterocycles. The Morgan fingerprint density at radius 2 is 1.88 bits per heavy atom. The van der Waals surface area contributed by atoms with Crippen LogP contribution < -0.4 is 10.6 Å². The summed E-state index contributed by atoms with van der Waals surface area (Å²) in [5, 5.41) is 9.84. The minimum atomic E-state index is -0.404. The van der Waals surface area contributed by atoms with E-state index in [9.17, 15) is 14.4 Å². The Bertz CT molecular complexity index is 1160. The lowest BCUT2D eigenvalue weighted by Gasteiger charge is -2.20. The Kier molecular flexibility index (Phi) is 7.31. The molecule has 3 heterocycles. The zero-order valence-electron chi connectivity index (χ0n) is 19.2. The fourth-order valence-corrected chi connectivity index (χ4v) is 3.78. The molecule has 0 saturated carbocycles. The van der Waals surface area contributed by atoms with E-state index in [4.69, 9.17) is 0 Å². The van der Waals surface area contributed by atoms with Crippen molar-refractivity contribution >= 4 is 17.7 Å². The molecule has 0 spiro atoms. The number of aromatic nitrogens is 3. The van der Waals surface area contributed by atoms with Gasteiger partial charge in [0.1, 0.15) is 5.69 Å². The van der Waals surface area contributed by atoms with E-state index < -0.39 is 5.91 Å². The second-order valence-corrected chi connectivity index (χ2v) is 8.35. The summed E-state index contributed by atoms with van der Waals surface area (Å²) in [7, 11) is 0. The van der Waals surface area contributed by atoms with Crippen LogP contribution in [0.25, 0.3) is 0 Å². The maximum Gasteiger partial charge on any atom is 0.272 e. The minimum Gasteiger partial charge on any atom is -0.352 e. The van der Waals surface area contributed by atoms with Gasteiger partial charge in [0.15, 0.2) is 5.69 Å². The summed E-state index contributed by atoms with van der Waals surface area (Å²) in [5.41, 5.74) is 3.72. The van der Waals surface area contributed by atoms with Crippen molar-refractivity contribution in [2.75, 3.05) is 13.1 Å². The van der Waals surface area contributed by atoms with Gasteiger partial charge in [0.2, 0.25) is 5.91 Å². The van der Waals surface area contributed by atoms with Gasteiger partial charge in [-0.25, -0.2) is 0 Å². The summed E-state index contributed by atoms with van der Waals surface area (Å²) in [6, 6.07) is 13.3. The first-order valence-corrected chi connectivity index (χ1v) is 11.4. The predicted octanol–water partition coefficient (Wildman–Crippen LogP) is 2.07. The Hall–Kier alpha value is -4.01. The predicted molar refractivity (Wildman–Crippen MR) is 126 cm³/mol. The number of carbonyl (C=O) groups excluding carboxylic acids is 3. The molecule has 4 rings (SSSR count). The number of nitrogens with one attached hydrogen (secondary N) is 2. The molecular formula is C25H28N6O3. The molecule has 9 heteroatoms. The number of nitrogens with zero attached hydrogens (tertiary/aromatic N) is 4. The van der Waals surface area contributed by atoms with Crippen LogP contribution in [0.15, 0.2) is 54.9 Å². The van der Waals surface area contributed by atoms with Crippen LogP contribution in [0, 0.1) is 6.92 Å². The highest BCUT2D eigenvalue weighted by molar-refractivity contribution is 5.98. The van der Waals surface area contributed by atoms with E-state index in [2.05, 4.69) is 20.7 Å². The highest BCUT2D eigenvalue weighted by Crippen LogP contribution is 2.17. The molecule has 3 amide bonds. The molecule has 0 aliphatic carbocycles. The summed E-state index contributed by atoms with van der Waals surface area (Å²) in [6.07, 6.45) is 4.26. The number of hydrogen-bond acceptors (Lipinski definition) is 5. The van der Waals surface area contributed by atoms with E-state index in [1.54, 1.807) is 28.0 Å². The van der Waals surface area contributed by atoms with E-state index in [-0.39, 0.29) is 30.5 Å². The summed E-state index contributed by atoms with van der Waals surface area (Å²) in [6.45, 7) is 4.30. The van der Waals surface area contributed by atoms with Crippen LogP contribution in [0.3, 0.4) is 0 Å². The lowest BCUT2D eigenvalue weighted by molar-refractivity contribution is -0.121. The number of fused-ring (bicyclic) bond motifs is 1. The summed E-state index contributed by atoms with van der Waals surface area (Å²) in [5.74, 6) is -0.718. The molecule has 0 saturated heterocycles. The second-order valence-electron chi connectivity index (χ2n) is 8.35. The van der Waals surface area contributed by atoms with Gasteiger partial charge in [-0.2, -0.15) is 5.10 Å². The van der Waals surface area contributed by atoms with Gasteiger partial charge in [0.05, 0.1) is 0 Å². The molecule has 0 unspecified atom stereocenters. The van der Waals surface area contributed by atoms with Gasteiger partial charge < -0.3 is 15.5 Å². The topological polar surface area (TPSA) is 109 Å². The lowest BCUT2D eigenvalue weighted by atomic mass is 10.1. The van der Waals surface area contributed by atoms with E-state index in [1.165, 1.54) is 11.6 Å². The van der Waals surface area contributed by atoms with Crippen molar-refractivity contribution in [3.63, 3.8) is 0 Å². The van der Waals surface area contributed by atoms with Crippen LogP contribution in [-0.4, -0.2) is 50.5 Å². The molecule has 0 atom stereocenters. The Morgan fingerprint density at radius 1 is 1.06 bits per heavy atom. The number of benzene rings is 1. The maximum atomic E-state index is 13.1. The van der Waals surface area contributed by atoms with E-state index in [0.717, 1.165) is 17.5 Å². The molecule has 0 bridgehead atoms. The van der Waals surface area contributed by atoms with Crippen LogP contribution in [0.2, 0.25) is 0 Å². The van der Waals surface area contributed by atoms with Crippen molar-refractivity contribution in [1.82, 2.24) is 30.3 Å². The van der Waals surface area contributed by atoms with Crippen molar-refractivity contribution in [3.05, 3.63) is 82.9 Å². The lowest BCUT2D eigenvalue weighted by Crippen LogP contribution is -2.31. The molecular weight excluding hydrogens is 432 g/mol. The van der Waals surface area contributed by atoms with Gasteiger partial charge in [-0.3, -0.25) is 24.0 Å². The highest BCUT2D eigenvalue weighted by Gasteiger charge is 2.26. The molecule has 3 aromatic rings. The average Bonchev–Trinajstić information content (AvgIpc) is 3.22. The van der Waals surface area contributed by atoms with E-state index >= 15 is 0 Å². The van der Waals surface area contributed by atoms with E-state index in [0.29, 0.717) is 31.9 Å². The van der Waals surface area contributed by atoms with Crippen LogP contribution in [0.5, 0.6) is 0 Å². The third kappa shape index (κ3) is 5.86. The number of aryl methyl sites for hydroxylation is 2. The van der Waals surface area contributed by atoms with Gasteiger partial charge in [-0.05, 0) is 30.5 Å². The summed E-state index contributed by atoms with van der Waals surface area (Å²) < 4.78 is 1.60. The number of pyridine rings is 1. The third-order valence-corrected chi connectivity index (χ3v) is 5.66. The number of hydrogen-bond donors (Lipinski definition) is 2. The first-order chi connectivity index (χ1) is 16.5. The van der Waals surface area contributed by atoms with Crippen molar-refractivity contribution in [3.8, 4) is 0 Å². The van der Waals surface area contributed by atoms with Crippen molar-refractivity contribution in [2.24, 2.45) is 0 Å². The second kappa shape index (κ2) is 10.7. The quantitative estimate of drug-likeness (QED) is 0.535. The zero-order valence-corrected chi connectivity index (χ0v) is 19.2. The molecule has 0 radical (unpaired) electrons. The van der Waals surface area contributed by atoms with Crippen LogP contribution in [-0.2, 0) is 24.4 Å². The standard InChI is InChI=1S/C25H28N6O3/c1-18-5-7-19(8-6-18)17-30-12-3-13-31-22(25(30)34)14-21(29-31)24(33)27-11-9-23(32)28-16-20-4-2-10-26-15-20/h2,4-8,10,14-15H,3,9,11-13,16-17H2,1H3,(H,27,33)(H,28,32). The zero-order chi connectivity index (χ0) is 23.9. The summed E-state index contributed by atoms with van der Waals surface area (Å²) >= 11 is 0. The molecule has 0 fully saturated rings. The van der Waals surface area contributed by atoms with E-state index in [1.807, 2.05) is 37.3 Å². The first kappa shape index (κ1) is 23.2. The fraction of sp³-hybridized carbons (Fsp3) is 0.320. The monoisotopic (exact) mass is 460 g/mol. The molecule has 2 N–H and O–H groups in total. The van der Waals surface area contributed by atoms with Crippen molar-refractivity contribution in [1.29, 1.82) is 0 Å². The molecule has 9 nitrogen and oxygen atoms in total. The van der Waals surface area contributed by atoms with Crippen LogP contribution in [0.4, 0.5) is 0 Å². The minimum absolute atomic E-state index is 0.139. The van der Waals surface area contributed by atoms with Crippen molar-refractivity contribution in [2.45, 2.75) is 39.4 Å². The maximum absolute atomic E-state index is 13.1. The van der Waals surface area contributed by atoms with Crippen LogP contribution >= 0.6 is 0 Å². The third-order valence-electron chi connectivity index (χ3n) is 5.66. The Labute approximate surface area is 198 Å². The number of amides is 3. The Morgan fingerprint density at radius 3 is 2.65 bits per heavy atom. The highest BCUT2D eigenvalue weighted by atomic mass is 16.2. The van der Waals surface area contributed by atoms with Gasteiger partial charge in [-0.15, -0.1) is 0 Å². The fourth-order valence-electron chi connectivity index (χ4n) is 3.78. The average molecular weight is 461 g/mol. The van der Waals surface area contributed by atoms with Gasteiger partial charge in [-0.1, -0.05) is 35.9 Å². The normalized spacial score (nSPS) is 13.2. The molecule has 1 aliphatic heterocycles.